The lowest BCUT2D eigenvalue weighted by molar-refractivity contribution is -0.168. The second-order valence-corrected chi connectivity index (χ2v) is 4.77. The number of methoxy groups -OCH3 is 2. The van der Waals surface area contributed by atoms with Crippen LogP contribution in [0.3, 0.4) is 0 Å². The maximum Gasteiger partial charge on any atom is 0.338 e. The van der Waals surface area contributed by atoms with E-state index in [9.17, 15) is 4.79 Å². The quantitative estimate of drug-likeness (QED) is 0.784. The van der Waals surface area contributed by atoms with Crippen LogP contribution >= 0.6 is 0 Å². The van der Waals surface area contributed by atoms with Crippen LogP contribution in [0.15, 0.2) is 24.3 Å². The highest BCUT2D eigenvalue weighted by Gasteiger charge is 2.46. The summed E-state index contributed by atoms with van der Waals surface area (Å²) in [6.45, 7) is 3.54. The van der Waals surface area contributed by atoms with Crippen LogP contribution in [-0.4, -0.2) is 32.1 Å². The molecule has 1 aliphatic heterocycles. The Bertz CT molecular complexity index is 451. The standard InChI is InChI=1S/C14H18O5/c1-14(2)18-11(12(19-14)13(15)17-4)9-5-7-10(16-3)8-6-9/h5-8,11-12H,1-4H3/t11-,12+/m0/s1. The summed E-state index contributed by atoms with van der Waals surface area (Å²) in [7, 11) is 2.94. The molecule has 1 aliphatic rings. The fourth-order valence-electron chi connectivity index (χ4n) is 2.09. The van der Waals surface area contributed by atoms with Gasteiger partial charge in [0.1, 0.15) is 11.9 Å². The summed E-state index contributed by atoms with van der Waals surface area (Å²) in [5.41, 5.74) is 0.849. The monoisotopic (exact) mass is 266 g/mol. The first-order valence-electron chi connectivity index (χ1n) is 6.04. The minimum atomic E-state index is -0.816. The second kappa shape index (κ2) is 5.19. The predicted octanol–water partition coefficient (Wildman–Crippen LogP) is 2.06. The number of hydrogen-bond acceptors (Lipinski definition) is 5. The number of carbonyl (C=O) groups excluding carboxylic acids is 1. The molecule has 0 aliphatic carbocycles. The van der Waals surface area contributed by atoms with Crippen LogP contribution < -0.4 is 4.74 Å². The molecule has 104 valence electrons. The van der Waals surface area contributed by atoms with Gasteiger partial charge in [-0.25, -0.2) is 4.79 Å². The molecular weight excluding hydrogens is 248 g/mol. The van der Waals surface area contributed by atoms with E-state index in [2.05, 4.69) is 0 Å². The number of carbonyl (C=O) groups is 1. The zero-order valence-electron chi connectivity index (χ0n) is 11.5. The molecule has 1 fully saturated rings. The van der Waals surface area contributed by atoms with Crippen molar-refractivity contribution in [1.29, 1.82) is 0 Å². The summed E-state index contributed by atoms with van der Waals surface area (Å²) < 4.78 is 21.2. The maximum absolute atomic E-state index is 11.8. The third-order valence-corrected chi connectivity index (χ3v) is 2.97. The topological polar surface area (TPSA) is 54.0 Å². The highest BCUT2D eigenvalue weighted by molar-refractivity contribution is 5.76. The molecule has 5 nitrogen and oxygen atoms in total. The Kier molecular flexibility index (Phi) is 3.78. The van der Waals surface area contributed by atoms with Crippen molar-refractivity contribution in [2.45, 2.75) is 31.8 Å². The highest BCUT2D eigenvalue weighted by Crippen LogP contribution is 2.39. The van der Waals surface area contributed by atoms with E-state index in [-0.39, 0.29) is 0 Å². The molecule has 2 atom stereocenters. The third-order valence-electron chi connectivity index (χ3n) is 2.97. The molecule has 2 rings (SSSR count). The Morgan fingerprint density at radius 3 is 2.32 bits per heavy atom. The van der Waals surface area contributed by atoms with Crippen LogP contribution in [0.5, 0.6) is 5.75 Å². The van der Waals surface area contributed by atoms with E-state index in [1.54, 1.807) is 21.0 Å². The minimum Gasteiger partial charge on any atom is -0.497 e. The first kappa shape index (κ1) is 13.8. The van der Waals surface area contributed by atoms with Gasteiger partial charge in [-0.05, 0) is 31.5 Å². The zero-order valence-corrected chi connectivity index (χ0v) is 11.5. The molecule has 1 aromatic rings. The molecule has 0 spiro atoms. The molecule has 0 bridgehead atoms. The zero-order chi connectivity index (χ0) is 14.0. The van der Waals surface area contributed by atoms with Crippen LogP contribution in [0.2, 0.25) is 0 Å². The first-order valence-corrected chi connectivity index (χ1v) is 6.04. The SMILES string of the molecule is COC(=O)[C@@H]1OC(C)(C)O[C@H]1c1ccc(OC)cc1. The van der Waals surface area contributed by atoms with Crippen molar-refractivity contribution in [3.63, 3.8) is 0 Å². The van der Waals surface area contributed by atoms with E-state index >= 15 is 0 Å². The van der Waals surface area contributed by atoms with Crippen molar-refractivity contribution in [2.24, 2.45) is 0 Å². The fraction of sp³-hybridized carbons (Fsp3) is 0.500. The smallest absolute Gasteiger partial charge is 0.338 e. The van der Waals surface area contributed by atoms with Gasteiger partial charge < -0.3 is 18.9 Å². The molecule has 0 N–H and O–H groups in total. The Balaban J connectivity index is 2.26. The van der Waals surface area contributed by atoms with Crippen LogP contribution in [0.1, 0.15) is 25.5 Å². The van der Waals surface area contributed by atoms with Crippen molar-refractivity contribution in [1.82, 2.24) is 0 Å². The molecule has 0 aromatic heterocycles. The highest BCUT2D eigenvalue weighted by atomic mass is 16.8. The lowest BCUT2D eigenvalue weighted by Gasteiger charge is -2.16. The maximum atomic E-state index is 11.8. The van der Waals surface area contributed by atoms with Gasteiger partial charge in [0.15, 0.2) is 11.9 Å². The van der Waals surface area contributed by atoms with E-state index in [0.29, 0.717) is 0 Å². The largest absolute Gasteiger partial charge is 0.497 e. The number of rotatable bonds is 3. The van der Waals surface area contributed by atoms with Crippen LogP contribution in [0, 0.1) is 0 Å². The molecule has 0 radical (unpaired) electrons. The number of hydrogen-bond donors (Lipinski definition) is 0. The number of ether oxygens (including phenoxy) is 4. The Labute approximate surface area is 112 Å². The van der Waals surface area contributed by atoms with Crippen molar-refractivity contribution in [2.75, 3.05) is 14.2 Å². The summed E-state index contributed by atoms with van der Waals surface area (Å²) in [6, 6.07) is 7.34. The average molecular weight is 266 g/mol. The summed E-state index contributed by atoms with van der Waals surface area (Å²) >= 11 is 0. The molecule has 0 amide bonds. The molecule has 0 unspecified atom stereocenters. The summed E-state index contributed by atoms with van der Waals surface area (Å²) in [5.74, 6) is -0.508. The van der Waals surface area contributed by atoms with Gasteiger partial charge >= 0.3 is 5.97 Å². The lowest BCUT2D eigenvalue weighted by atomic mass is 10.0. The van der Waals surface area contributed by atoms with Gasteiger partial charge in [0.25, 0.3) is 0 Å². The van der Waals surface area contributed by atoms with Crippen LogP contribution in [0.4, 0.5) is 0 Å². The lowest BCUT2D eigenvalue weighted by Crippen LogP contribution is -2.28. The van der Waals surface area contributed by atoms with E-state index in [1.807, 2.05) is 24.3 Å². The van der Waals surface area contributed by atoms with Crippen molar-refractivity contribution < 1.29 is 23.7 Å². The van der Waals surface area contributed by atoms with Gasteiger partial charge in [0.2, 0.25) is 0 Å². The molecule has 5 heteroatoms. The van der Waals surface area contributed by atoms with Gasteiger partial charge in [-0.1, -0.05) is 12.1 Å². The van der Waals surface area contributed by atoms with E-state index in [0.717, 1.165) is 11.3 Å². The molecule has 1 heterocycles. The Hall–Kier alpha value is -1.59. The van der Waals surface area contributed by atoms with Gasteiger partial charge in [0, 0.05) is 0 Å². The third kappa shape index (κ3) is 2.88. The Morgan fingerprint density at radius 1 is 1.16 bits per heavy atom. The average Bonchev–Trinajstić information content (AvgIpc) is 2.74. The molecule has 19 heavy (non-hydrogen) atoms. The Morgan fingerprint density at radius 2 is 1.79 bits per heavy atom. The molecule has 1 saturated heterocycles. The molecule has 1 aromatic carbocycles. The van der Waals surface area contributed by atoms with Crippen molar-refractivity contribution in [3.05, 3.63) is 29.8 Å². The summed E-state index contributed by atoms with van der Waals surface area (Å²) in [6.07, 6.45) is -1.23. The van der Waals surface area contributed by atoms with E-state index in [4.69, 9.17) is 18.9 Å². The van der Waals surface area contributed by atoms with E-state index < -0.39 is 24.0 Å². The van der Waals surface area contributed by atoms with Gasteiger partial charge in [-0.2, -0.15) is 0 Å². The van der Waals surface area contributed by atoms with Crippen LogP contribution in [-0.2, 0) is 19.0 Å². The van der Waals surface area contributed by atoms with Gasteiger partial charge in [0.05, 0.1) is 14.2 Å². The number of benzene rings is 1. The first-order chi connectivity index (χ1) is 8.96. The van der Waals surface area contributed by atoms with E-state index in [1.165, 1.54) is 7.11 Å². The fourth-order valence-corrected chi connectivity index (χ4v) is 2.09. The normalized spacial score (nSPS) is 25.1. The molecule has 0 saturated carbocycles. The predicted molar refractivity (Wildman–Crippen MR) is 67.8 cm³/mol. The van der Waals surface area contributed by atoms with Crippen LogP contribution in [0.25, 0.3) is 0 Å². The summed E-state index contributed by atoms with van der Waals surface area (Å²) in [4.78, 5) is 11.8. The summed E-state index contributed by atoms with van der Waals surface area (Å²) in [5, 5.41) is 0. The van der Waals surface area contributed by atoms with Crippen molar-refractivity contribution >= 4 is 5.97 Å². The number of esters is 1. The second-order valence-electron chi connectivity index (χ2n) is 4.77. The van der Waals surface area contributed by atoms with Gasteiger partial charge in [-0.3, -0.25) is 0 Å². The van der Waals surface area contributed by atoms with Gasteiger partial charge in [-0.15, -0.1) is 0 Å². The molecular formula is C14H18O5. The minimum absolute atomic E-state index is 0.439. The van der Waals surface area contributed by atoms with Crippen molar-refractivity contribution in [3.8, 4) is 5.75 Å².